The van der Waals surface area contributed by atoms with Gasteiger partial charge in [-0.15, -0.1) is 11.8 Å². The van der Waals surface area contributed by atoms with Crippen LogP contribution in [0.4, 0.5) is 4.79 Å². The number of thioether (sulfide) groups is 1. The second-order valence-electron chi connectivity index (χ2n) is 9.25. The van der Waals surface area contributed by atoms with Crippen LogP contribution >= 0.6 is 11.8 Å². The van der Waals surface area contributed by atoms with Gasteiger partial charge in [0.1, 0.15) is 6.61 Å². The molecule has 36 heavy (non-hydrogen) atoms. The third kappa shape index (κ3) is 10.3. The van der Waals surface area contributed by atoms with Crippen LogP contribution in [0.3, 0.4) is 0 Å². The van der Waals surface area contributed by atoms with Crippen molar-refractivity contribution in [1.29, 1.82) is 0 Å². The number of carbonyl (C=O) groups is 2. The van der Waals surface area contributed by atoms with E-state index in [0.717, 1.165) is 22.4 Å². The fourth-order valence-corrected chi connectivity index (χ4v) is 4.76. The zero-order valence-corrected chi connectivity index (χ0v) is 21.9. The van der Waals surface area contributed by atoms with Crippen LogP contribution in [0.5, 0.6) is 0 Å². The van der Waals surface area contributed by atoms with Gasteiger partial charge in [0, 0.05) is 17.5 Å². The molecule has 190 valence electrons. The summed E-state index contributed by atoms with van der Waals surface area (Å²) in [6.07, 6.45) is 0.928. The quantitative estimate of drug-likeness (QED) is 0.268. The van der Waals surface area contributed by atoms with E-state index in [1.165, 1.54) is 0 Å². The molecular formula is C30H36N2O3S. The standard InChI is InChI=1S/C30H36N2O3S/c1-23(2)18-26(32-30(34)35-21-25-14-8-4-9-15-25)20-31-28(19-24-12-6-3-7-13-24)29(33)22-36-27-16-10-5-11-17-27/h3-17,23,26,28,31H,18-22H2,1-2H3,(H,32,34). The maximum atomic E-state index is 13.2. The molecule has 0 fully saturated rings. The average molecular weight is 505 g/mol. The molecule has 0 saturated heterocycles. The van der Waals surface area contributed by atoms with E-state index in [1.807, 2.05) is 91.0 Å². The lowest BCUT2D eigenvalue weighted by molar-refractivity contribution is -0.118. The van der Waals surface area contributed by atoms with Crippen molar-refractivity contribution in [2.75, 3.05) is 12.3 Å². The normalized spacial score (nSPS) is 12.6. The van der Waals surface area contributed by atoms with Crippen molar-refractivity contribution in [3.8, 4) is 0 Å². The Kier molecular flexibility index (Phi) is 11.5. The van der Waals surface area contributed by atoms with Gasteiger partial charge in [-0.25, -0.2) is 4.79 Å². The number of carbonyl (C=O) groups excluding carboxylic acids is 2. The molecule has 3 aromatic rings. The first-order chi connectivity index (χ1) is 17.5. The molecule has 0 aliphatic carbocycles. The maximum absolute atomic E-state index is 13.2. The first-order valence-corrected chi connectivity index (χ1v) is 13.4. The zero-order valence-electron chi connectivity index (χ0n) is 21.1. The molecule has 0 heterocycles. The van der Waals surface area contributed by atoms with Gasteiger partial charge in [0.15, 0.2) is 5.78 Å². The first-order valence-electron chi connectivity index (χ1n) is 12.4. The van der Waals surface area contributed by atoms with Crippen LogP contribution in [0.15, 0.2) is 95.9 Å². The molecule has 3 aromatic carbocycles. The van der Waals surface area contributed by atoms with Gasteiger partial charge in [0.05, 0.1) is 11.8 Å². The van der Waals surface area contributed by atoms with Crippen LogP contribution in [0.25, 0.3) is 0 Å². The molecule has 1 amide bonds. The summed E-state index contributed by atoms with van der Waals surface area (Å²) >= 11 is 1.55. The summed E-state index contributed by atoms with van der Waals surface area (Å²) in [7, 11) is 0. The third-order valence-electron chi connectivity index (χ3n) is 5.70. The first kappa shape index (κ1) is 27.5. The molecule has 6 heteroatoms. The molecule has 0 bridgehead atoms. The average Bonchev–Trinajstić information content (AvgIpc) is 2.90. The van der Waals surface area contributed by atoms with Crippen molar-refractivity contribution in [3.05, 3.63) is 102 Å². The predicted molar refractivity (Wildman–Crippen MR) is 147 cm³/mol. The lowest BCUT2D eigenvalue weighted by Crippen LogP contribution is -2.48. The second-order valence-corrected chi connectivity index (χ2v) is 10.3. The van der Waals surface area contributed by atoms with E-state index >= 15 is 0 Å². The number of nitrogens with one attached hydrogen (secondary N) is 2. The Morgan fingerprint density at radius 2 is 1.42 bits per heavy atom. The van der Waals surface area contributed by atoms with E-state index in [2.05, 4.69) is 24.5 Å². The highest BCUT2D eigenvalue weighted by Gasteiger charge is 2.22. The number of hydrogen-bond acceptors (Lipinski definition) is 5. The fraction of sp³-hybridized carbons (Fsp3) is 0.333. The minimum absolute atomic E-state index is 0.141. The summed E-state index contributed by atoms with van der Waals surface area (Å²) in [5.74, 6) is 0.904. The van der Waals surface area contributed by atoms with E-state index in [9.17, 15) is 9.59 Å². The SMILES string of the molecule is CC(C)CC(CNC(Cc1ccccc1)C(=O)CSc1ccccc1)NC(=O)OCc1ccccc1. The van der Waals surface area contributed by atoms with E-state index < -0.39 is 6.09 Å². The maximum Gasteiger partial charge on any atom is 0.407 e. The van der Waals surface area contributed by atoms with E-state index in [4.69, 9.17) is 4.74 Å². The van der Waals surface area contributed by atoms with Crippen LogP contribution in [0.2, 0.25) is 0 Å². The van der Waals surface area contributed by atoms with Gasteiger partial charge in [-0.2, -0.15) is 0 Å². The molecule has 0 radical (unpaired) electrons. The summed E-state index contributed by atoms with van der Waals surface area (Å²) in [5.41, 5.74) is 2.04. The monoisotopic (exact) mass is 504 g/mol. The van der Waals surface area contributed by atoms with Crippen molar-refractivity contribution in [2.45, 2.75) is 50.3 Å². The van der Waals surface area contributed by atoms with Gasteiger partial charge >= 0.3 is 6.09 Å². The highest BCUT2D eigenvalue weighted by molar-refractivity contribution is 8.00. The predicted octanol–water partition coefficient (Wildman–Crippen LogP) is 5.89. The number of benzene rings is 3. The minimum atomic E-state index is -0.447. The minimum Gasteiger partial charge on any atom is -0.445 e. The number of hydrogen-bond donors (Lipinski definition) is 2. The number of amides is 1. The Morgan fingerprint density at radius 3 is 2.03 bits per heavy atom. The van der Waals surface area contributed by atoms with Crippen molar-refractivity contribution < 1.29 is 14.3 Å². The Balaban J connectivity index is 1.60. The van der Waals surface area contributed by atoms with E-state index in [1.54, 1.807) is 11.8 Å². The number of rotatable bonds is 14. The van der Waals surface area contributed by atoms with Gasteiger partial charge in [0.2, 0.25) is 0 Å². The van der Waals surface area contributed by atoms with Crippen LogP contribution < -0.4 is 10.6 Å². The van der Waals surface area contributed by atoms with Crippen LogP contribution in [0, 0.1) is 5.92 Å². The molecule has 0 aliphatic rings. The Morgan fingerprint density at radius 1 is 0.833 bits per heavy atom. The van der Waals surface area contributed by atoms with Crippen molar-refractivity contribution in [2.24, 2.45) is 5.92 Å². The van der Waals surface area contributed by atoms with E-state index in [-0.39, 0.29) is 24.5 Å². The number of alkyl carbamates (subject to hydrolysis) is 1. The molecule has 2 atom stereocenters. The Labute approximate surface area is 219 Å². The topological polar surface area (TPSA) is 67.4 Å². The summed E-state index contributed by atoms with van der Waals surface area (Å²) < 4.78 is 5.43. The summed E-state index contributed by atoms with van der Waals surface area (Å²) in [5, 5.41) is 6.45. The van der Waals surface area contributed by atoms with Crippen LogP contribution in [-0.2, 0) is 22.6 Å². The Hall–Kier alpha value is -3.09. The smallest absolute Gasteiger partial charge is 0.407 e. The molecule has 5 nitrogen and oxygen atoms in total. The fourth-order valence-electron chi connectivity index (χ4n) is 3.90. The third-order valence-corrected chi connectivity index (χ3v) is 6.73. The van der Waals surface area contributed by atoms with Crippen molar-refractivity contribution >= 4 is 23.6 Å². The van der Waals surface area contributed by atoms with Gasteiger partial charge in [-0.1, -0.05) is 92.7 Å². The lowest BCUT2D eigenvalue weighted by Gasteiger charge is -2.24. The van der Waals surface area contributed by atoms with Gasteiger partial charge in [-0.3, -0.25) is 4.79 Å². The number of ether oxygens (including phenoxy) is 1. The van der Waals surface area contributed by atoms with Crippen molar-refractivity contribution in [3.63, 3.8) is 0 Å². The largest absolute Gasteiger partial charge is 0.445 e. The van der Waals surface area contributed by atoms with E-state index in [0.29, 0.717) is 24.6 Å². The highest BCUT2D eigenvalue weighted by Crippen LogP contribution is 2.18. The zero-order chi connectivity index (χ0) is 25.6. The van der Waals surface area contributed by atoms with Crippen molar-refractivity contribution in [1.82, 2.24) is 10.6 Å². The van der Waals surface area contributed by atoms with Gasteiger partial charge < -0.3 is 15.4 Å². The molecule has 0 saturated carbocycles. The summed E-state index contributed by atoms with van der Waals surface area (Å²) in [6.45, 7) is 4.94. The Bertz CT molecular complexity index is 1050. The van der Waals surface area contributed by atoms with Gasteiger partial charge in [0.25, 0.3) is 0 Å². The highest BCUT2D eigenvalue weighted by atomic mass is 32.2. The molecule has 0 spiro atoms. The van der Waals surface area contributed by atoms with Crippen LogP contribution in [-0.4, -0.2) is 36.3 Å². The molecule has 3 rings (SSSR count). The molecule has 2 unspecified atom stereocenters. The van der Waals surface area contributed by atoms with Gasteiger partial charge in [-0.05, 0) is 42.0 Å². The second kappa shape index (κ2) is 15.1. The molecule has 0 aromatic heterocycles. The molecule has 2 N–H and O–H groups in total. The number of ketones is 1. The summed E-state index contributed by atoms with van der Waals surface area (Å²) in [6, 6.07) is 29.1. The van der Waals surface area contributed by atoms with Crippen LogP contribution in [0.1, 0.15) is 31.4 Å². The number of Topliss-reactive ketones (excluding diaryl/α,β-unsaturated/α-hetero) is 1. The summed E-state index contributed by atoms with van der Waals surface area (Å²) in [4.78, 5) is 26.8. The lowest BCUT2D eigenvalue weighted by atomic mass is 10.0. The molecular weight excluding hydrogens is 468 g/mol. The molecule has 0 aliphatic heterocycles.